The van der Waals surface area contributed by atoms with E-state index in [1.54, 1.807) is 0 Å². The van der Waals surface area contributed by atoms with Crippen LogP contribution in [-0.2, 0) is 4.33 Å². The van der Waals surface area contributed by atoms with E-state index in [-0.39, 0.29) is 27.2 Å². The Morgan fingerprint density at radius 3 is 1.88 bits per heavy atom. The SMILES string of the molecule is COc1cc(OC(F)(F)F)cc(C(Cl)(Cl)c2cc(Cl)nc(Cl)c2)c1. The molecule has 0 radical (unpaired) electrons. The Labute approximate surface area is 155 Å². The van der Waals surface area contributed by atoms with Crippen LogP contribution in [0.5, 0.6) is 11.5 Å². The highest BCUT2D eigenvalue weighted by atomic mass is 35.5. The fourth-order valence-corrected chi connectivity index (χ4v) is 2.77. The number of ether oxygens (including phenoxy) is 2. The second-order valence-electron chi connectivity index (χ2n) is 4.52. The molecule has 0 unspecified atom stereocenters. The largest absolute Gasteiger partial charge is 0.573 e. The minimum absolute atomic E-state index is 0.0258. The summed E-state index contributed by atoms with van der Waals surface area (Å²) < 4.78 is 44.5. The Hall–Kier alpha value is -1.08. The van der Waals surface area contributed by atoms with Gasteiger partial charge in [-0.3, -0.25) is 0 Å². The Kier molecular flexibility index (Phi) is 5.64. The molecule has 0 aliphatic rings. The van der Waals surface area contributed by atoms with Gasteiger partial charge in [-0.05, 0) is 35.4 Å². The fraction of sp³-hybridized carbons (Fsp3) is 0.214. The van der Waals surface area contributed by atoms with Crippen molar-refractivity contribution in [2.45, 2.75) is 10.7 Å². The van der Waals surface area contributed by atoms with Crippen LogP contribution < -0.4 is 9.47 Å². The van der Waals surface area contributed by atoms with Crippen LogP contribution >= 0.6 is 46.4 Å². The molecule has 0 amide bonds. The lowest BCUT2D eigenvalue weighted by atomic mass is 10.0. The van der Waals surface area contributed by atoms with Crippen LogP contribution in [0.25, 0.3) is 0 Å². The summed E-state index contributed by atoms with van der Waals surface area (Å²) in [6.45, 7) is 0. The number of hydrogen-bond donors (Lipinski definition) is 0. The minimum Gasteiger partial charge on any atom is -0.497 e. The summed E-state index contributed by atoms with van der Waals surface area (Å²) in [6, 6.07) is 6.14. The lowest BCUT2D eigenvalue weighted by Gasteiger charge is -2.22. The number of halogens is 7. The molecule has 1 heterocycles. The van der Waals surface area contributed by atoms with E-state index >= 15 is 0 Å². The normalized spacial score (nSPS) is 12.2. The summed E-state index contributed by atoms with van der Waals surface area (Å²) in [5.74, 6) is -0.461. The molecule has 1 aromatic heterocycles. The predicted octanol–water partition coefficient (Wildman–Crippen LogP) is 5.97. The van der Waals surface area contributed by atoms with E-state index < -0.39 is 16.4 Å². The zero-order valence-corrected chi connectivity index (χ0v) is 14.8. The van der Waals surface area contributed by atoms with Gasteiger partial charge in [0.25, 0.3) is 0 Å². The first-order valence-corrected chi connectivity index (χ1v) is 7.69. The standard InChI is InChI=1S/C14H8Cl4F3NO2/c1-23-9-2-7(3-10(6-9)24-14(19,20)21)13(17,18)8-4-11(15)22-12(16)5-8/h2-6H,1H3. The van der Waals surface area contributed by atoms with Crippen molar-refractivity contribution in [3.05, 3.63) is 51.8 Å². The number of benzene rings is 1. The highest BCUT2D eigenvalue weighted by Gasteiger charge is 2.34. The topological polar surface area (TPSA) is 31.4 Å². The molecule has 0 fully saturated rings. The predicted molar refractivity (Wildman–Crippen MR) is 86.4 cm³/mol. The molecule has 0 saturated heterocycles. The molecule has 0 N–H and O–H groups in total. The molecule has 0 aliphatic carbocycles. The Morgan fingerprint density at radius 1 is 0.875 bits per heavy atom. The number of rotatable bonds is 4. The van der Waals surface area contributed by atoms with Crippen LogP contribution in [-0.4, -0.2) is 18.5 Å². The number of alkyl halides is 5. The second kappa shape index (κ2) is 7.04. The number of pyridine rings is 1. The smallest absolute Gasteiger partial charge is 0.497 e. The molecule has 0 aliphatic heterocycles. The zero-order chi connectivity index (χ0) is 18.1. The minimum atomic E-state index is -4.88. The van der Waals surface area contributed by atoms with Crippen molar-refractivity contribution >= 4 is 46.4 Å². The first-order valence-electron chi connectivity index (χ1n) is 6.18. The van der Waals surface area contributed by atoms with Crippen molar-refractivity contribution in [1.29, 1.82) is 0 Å². The molecular formula is C14H8Cl4F3NO2. The van der Waals surface area contributed by atoms with Gasteiger partial charge in [0.1, 0.15) is 21.8 Å². The van der Waals surface area contributed by atoms with E-state index in [2.05, 4.69) is 9.72 Å². The second-order valence-corrected chi connectivity index (χ2v) is 6.62. The van der Waals surface area contributed by atoms with Gasteiger partial charge in [0.15, 0.2) is 4.33 Å². The maximum absolute atomic E-state index is 12.5. The molecule has 2 rings (SSSR count). The first kappa shape index (κ1) is 19.2. The molecule has 3 nitrogen and oxygen atoms in total. The third-order valence-electron chi connectivity index (χ3n) is 2.84. The van der Waals surface area contributed by atoms with Crippen LogP contribution in [0, 0.1) is 0 Å². The average Bonchev–Trinajstić information content (AvgIpc) is 2.44. The molecule has 130 valence electrons. The quantitative estimate of drug-likeness (QED) is 0.450. The summed E-state index contributed by atoms with van der Waals surface area (Å²) in [7, 11) is 1.28. The maximum Gasteiger partial charge on any atom is 0.573 e. The monoisotopic (exact) mass is 419 g/mol. The van der Waals surface area contributed by atoms with E-state index in [1.165, 1.54) is 25.3 Å². The van der Waals surface area contributed by atoms with Gasteiger partial charge >= 0.3 is 6.36 Å². The third-order valence-corrected chi connectivity index (χ3v) is 4.10. The molecule has 10 heteroatoms. The van der Waals surface area contributed by atoms with Crippen molar-refractivity contribution in [1.82, 2.24) is 4.98 Å². The van der Waals surface area contributed by atoms with Crippen LogP contribution in [0.2, 0.25) is 10.3 Å². The molecule has 24 heavy (non-hydrogen) atoms. The molecular weight excluding hydrogens is 413 g/mol. The van der Waals surface area contributed by atoms with Gasteiger partial charge in [0.2, 0.25) is 0 Å². The number of nitrogens with zero attached hydrogens (tertiary/aromatic N) is 1. The highest BCUT2D eigenvalue weighted by Crippen LogP contribution is 2.44. The van der Waals surface area contributed by atoms with Crippen molar-refractivity contribution in [2.24, 2.45) is 0 Å². The summed E-state index contributed by atoms with van der Waals surface area (Å²) in [5, 5.41) is 0.0515. The highest BCUT2D eigenvalue weighted by molar-refractivity contribution is 6.50. The van der Waals surface area contributed by atoms with E-state index in [0.717, 1.165) is 12.1 Å². The maximum atomic E-state index is 12.5. The Bertz CT molecular complexity index is 733. The number of aromatic nitrogens is 1. The number of methoxy groups -OCH3 is 1. The van der Waals surface area contributed by atoms with Crippen LogP contribution in [0.4, 0.5) is 13.2 Å². The average molecular weight is 421 g/mol. The van der Waals surface area contributed by atoms with Gasteiger partial charge in [-0.1, -0.05) is 46.4 Å². The van der Waals surface area contributed by atoms with Gasteiger partial charge in [-0.25, -0.2) is 4.98 Å². The fourth-order valence-electron chi connectivity index (χ4n) is 1.88. The van der Waals surface area contributed by atoms with Crippen LogP contribution in [0.15, 0.2) is 30.3 Å². The van der Waals surface area contributed by atoms with Crippen molar-refractivity contribution in [2.75, 3.05) is 7.11 Å². The summed E-state index contributed by atoms with van der Waals surface area (Å²) >= 11 is 24.3. The molecule has 0 saturated carbocycles. The van der Waals surface area contributed by atoms with Gasteiger partial charge in [0, 0.05) is 6.07 Å². The first-order chi connectivity index (χ1) is 11.0. The van der Waals surface area contributed by atoms with Crippen molar-refractivity contribution in [3.8, 4) is 11.5 Å². The lowest BCUT2D eigenvalue weighted by molar-refractivity contribution is -0.274. The van der Waals surface area contributed by atoms with E-state index in [9.17, 15) is 13.2 Å². The van der Waals surface area contributed by atoms with Crippen molar-refractivity contribution in [3.63, 3.8) is 0 Å². The van der Waals surface area contributed by atoms with Gasteiger partial charge in [0.05, 0.1) is 7.11 Å². The molecule has 1 aromatic carbocycles. The molecule has 0 bridgehead atoms. The summed E-state index contributed by atoms with van der Waals surface area (Å²) in [6.07, 6.45) is -4.88. The van der Waals surface area contributed by atoms with Gasteiger partial charge < -0.3 is 9.47 Å². The Balaban J connectivity index is 2.54. The van der Waals surface area contributed by atoms with Gasteiger partial charge in [-0.15, -0.1) is 13.2 Å². The number of hydrogen-bond acceptors (Lipinski definition) is 3. The van der Waals surface area contributed by atoms with E-state index in [1.807, 2.05) is 0 Å². The molecule has 2 aromatic rings. The zero-order valence-electron chi connectivity index (χ0n) is 11.8. The van der Waals surface area contributed by atoms with Crippen LogP contribution in [0.3, 0.4) is 0 Å². The summed E-state index contributed by atoms with van der Waals surface area (Å²) in [4.78, 5) is 3.76. The van der Waals surface area contributed by atoms with Crippen molar-refractivity contribution < 1.29 is 22.6 Å². The van der Waals surface area contributed by atoms with Gasteiger partial charge in [-0.2, -0.15) is 0 Å². The van der Waals surface area contributed by atoms with E-state index in [4.69, 9.17) is 51.1 Å². The molecule has 0 atom stereocenters. The third kappa shape index (κ3) is 4.72. The lowest BCUT2D eigenvalue weighted by Crippen LogP contribution is -2.18. The van der Waals surface area contributed by atoms with E-state index in [0.29, 0.717) is 0 Å². The molecule has 0 spiro atoms. The summed E-state index contributed by atoms with van der Waals surface area (Å²) in [5.41, 5.74) is 0.296. The van der Waals surface area contributed by atoms with Crippen LogP contribution in [0.1, 0.15) is 11.1 Å². The Morgan fingerprint density at radius 2 is 1.38 bits per heavy atom.